The molecule has 0 radical (unpaired) electrons. The largest absolute Gasteiger partial charge is 0.496 e. The molecule has 0 saturated heterocycles. The molecule has 3 atom stereocenters. The first-order chi connectivity index (χ1) is 6.61. The number of hydrogen-bond acceptors (Lipinski definition) is 2. The topological polar surface area (TPSA) is 29.5 Å². The van der Waals surface area contributed by atoms with Gasteiger partial charge in [-0.05, 0) is 25.0 Å². The van der Waals surface area contributed by atoms with Gasteiger partial charge < -0.3 is 9.84 Å². The van der Waals surface area contributed by atoms with Crippen LogP contribution in [0.4, 0.5) is 0 Å². The highest BCUT2D eigenvalue weighted by Crippen LogP contribution is 2.33. The van der Waals surface area contributed by atoms with Crippen molar-refractivity contribution in [2.24, 2.45) is 5.92 Å². The van der Waals surface area contributed by atoms with Gasteiger partial charge in [0.05, 0.1) is 10.2 Å². The van der Waals surface area contributed by atoms with Crippen LogP contribution in [0, 0.1) is 5.92 Å². The molecule has 1 N–H and O–H groups in total. The summed E-state index contributed by atoms with van der Waals surface area (Å²) in [6.07, 6.45) is 4.03. The normalized spacial score (nSPS) is 32.4. The van der Waals surface area contributed by atoms with Gasteiger partial charge in [0, 0.05) is 12.5 Å². The van der Waals surface area contributed by atoms with Crippen molar-refractivity contribution in [1.29, 1.82) is 0 Å². The fraction of sp³-hybridized carbons (Fsp3) is 0.636. The third kappa shape index (κ3) is 2.31. The van der Waals surface area contributed by atoms with Gasteiger partial charge in [0.2, 0.25) is 0 Å². The van der Waals surface area contributed by atoms with Gasteiger partial charge in [0.1, 0.15) is 6.10 Å². The van der Waals surface area contributed by atoms with Gasteiger partial charge in [-0.25, -0.2) is 0 Å². The lowest BCUT2D eigenvalue weighted by Crippen LogP contribution is -2.35. The quantitative estimate of drug-likeness (QED) is 0.628. The maximum atomic E-state index is 9.11. The molecule has 1 aliphatic rings. The minimum Gasteiger partial charge on any atom is -0.496 e. The maximum Gasteiger partial charge on any atom is 0.118 e. The Morgan fingerprint density at radius 2 is 2.36 bits per heavy atom. The molecule has 80 valence electrons. The number of alkyl halides is 1. The van der Waals surface area contributed by atoms with Crippen LogP contribution in [0.1, 0.15) is 20.8 Å². The summed E-state index contributed by atoms with van der Waals surface area (Å²) < 4.78 is 5.95. The van der Waals surface area contributed by atoms with Crippen LogP contribution in [-0.2, 0) is 4.74 Å². The lowest BCUT2D eigenvalue weighted by atomic mass is 9.93. The molecule has 1 heterocycles. The van der Waals surface area contributed by atoms with E-state index in [1.165, 1.54) is 11.1 Å². The van der Waals surface area contributed by atoms with Crippen LogP contribution in [0.5, 0.6) is 0 Å². The van der Waals surface area contributed by atoms with E-state index < -0.39 is 0 Å². The zero-order valence-electron chi connectivity index (χ0n) is 8.83. The van der Waals surface area contributed by atoms with Crippen molar-refractivity contribution in [2.45, 2.75) is 30.8 Å². The van der Waals surface area contributed by atoms with Crippen LogP contribution in [0.2, 0.25) is 0 Å². The Morgan fingerprint density at radius 3 is 2.86 bits per heavy atom. The lowest BCUT2D eigenvalue weighted by Gasteiger charge is -2.32. The summed E-state index contributed by atoms with van der Waals surface area (Å²) in [5.74, 6) is 0.177. The van der Waals surface area contributed by atoms with Crippen molar-refractivity contribution >= 4 is 22.6 Å². The summed E-state index contributed by atoms with van der Waals surface area (Å²) in [6, 6.07) is 0. The van der Waals surface area contributed by atoms with Gasteiger partial charge in [-0.15, -0.1) is 0 Å². The second-order valence-corrected chi connectivity index (χ2v) is 5.05. The van der Waals surface area contributed by atoms with E-state index in [9.17, 15) is 0 Å². The molecule has 2 nitrogen and oxygen atoms in total. The first kappa shape index (κ1) is 12.0. The second-order valence-electron chi connectivity index (χ2n) is 3.71. The van der Waals surface area contributed by atoms with Crippen molar-refractivity contribution in [2.75, 3.05) is 6.61 Å². The summed E-state index contributed by atoms with van der Waals surface area (Å²) in [5.41, 5.74) is 2.51. The highest BCUT2D eigenvalue weighted by molar-refractivity contribution is 14.1. The number of rotatable bonds is 2. The fourth-order valence-corrected chi connectivity index (χ4v) is 3.35. The Morgan fingerprint density at radius 1 is 1.71 bits per heavy atom. The molecule has 14 heavy (non-hydrogen) atoms. The average Bonchev–Trinajstić information content (AvgIpc) is 2.18. The zero-order valence-corrected chi connectivity index (χ0v) is 11.0. The zero-order chi connectivity index (χ0) is 10.7. The molecule has 0 fully saturated rings. The smallest absolute Gasteiger partial charge is 0.118 e. The number of aliphatic hydroxyl groups is 1. The molecule has 1 unspecified atom stereocenters. The van der Waals surface area contributed by atoms with E-state index in [4.69, 9.17) is 9.84 Å². The van der Waals surface area contributed by atoms with E-state index in [0.29, 0.717) is 3.92 Å². The third-order valence-corrected chi connectivity index (χ3v) is 3.98. The SMILES string of the molecule is C/C=C1/C(C)=CO[C@@H]([C@@H](C)CO)C1I. The fourth-order valence-electron chi connectivity index (χ4n) is 1.63. The number of allylic oxidation sites excluding steroid dienone is 2. The maximum absolute atomic E-state index is 9.11. The summed E-state index contributed by atoms with van der Waals surface area (Å²) in [7, 11) is 0. The van der Waals surface area contributed by atoms with Crippen molar-refractivity contribution in [3.05, 3.63) is 23.5 Å². The number of ether oxygens (including phenoxy) is 1. The second kappa shape index (κ2) is 5.16. The monoisotopic (exact) mass is 308 g/mol. The molecule has 0 amide bonds. The number of aliphatic hydroxyl groups excluding tert-OH is 1. The van der Waals surface area contributed by atoms with E-state index in [2.05, 4.69) is 35.6 Å². The van der Waals surface area contributed by atoms with Crippen LogP contribution >= 0.6 is 22.6 Å². The van der Waals surface area contributed by atoms with Gasteiger partial charge in [0.25, 0.3) is 0 Å². The van der Waals surface area contributed by atoms with Crippen molar-refractivity contribution < 1.29 is 9.84 Å². The predicted octanol–water partition coefficient (Wildman–Crippen LogP) is 2.67. The Balaban J connectivity index is 2.86. The van der Waals surface area contributed by atoms with E-state index in [1.54, 1.807) is 6.26 Å². The third-order valence-electron chi connectivity index (χ3n) is 2.60. The molecule has 0 spiro atoms. The number of halogens is 1. The summed E-state index contributed by atoms with van der Waals surface area (Å²) in [6.45, 7) is 6.29. The van der Waals surface area contributed by atoms with Gasteiger partial charge >= 0.3 is 0 Å². The standard InChI is InChI=1S/C11H17IO2/c1-4-9-8(3)6-14-11(10(9)12)7(2)5-13/h4,6-7,10-11,13H,5H2,1-3H3/b9-4-/t7-,10?,11-/m0/s1. The van der Waals surface area contributed by atoms with E-state index >= 15 is 0 Å². The number of hydrogen-bond donors (Lipinski definition) is 1. The molecular formula is C11H17IO2. The molecule has 0 bridgehead atoms. The Bertz CT molecular complexity index is 258. The van der Waals surface area contributed by atoms with Gasteiger partial charge in [-0.2, -0.15) is 0 Å². The molecule has 0 aromatic carbocycles. The molecule has 1 aliphatic heterocycles. The minimum absolute atomic E-state index is 0.0931. The Hall–Kier alpha value is -0.0300. The van der Waals surface area contributed by atoms with Gasteiger partial charge in [-0.3, -0.25) is 0 Å². The first-order valence-electron chi connectivity index (χ1n) is 4.85. The highest BCUT2D eigenvalue weighted by atomic mass is 127. The average molecular weight is 308 g/mol. The summed E-state index contributed by atoms with van der Waals surface area (Å²) in [4.78, 5) is 0. The van der Waals surface area contributed by atoms with Crippen LogP contribution in [0.25, 0.3) is 0 Å². The molecular weight excluding hydrogens is 291 g/mol. The van der Waals surface area contributed by atoms with Crippen molar-refractivity contribution in [3.63, 3.8) is 0 Å². The molecule has 0 saturated carbocycles. The molecule has 1 rings (SSSR count). The van der Waals surface area contributed by atoms with Crippen LogP contribution in [0.3, 0.4) is 0 Å². The van der Waals surface area contributed by atoms with Crippen LogP contribution in [0.15, 0.2) is 23.5 Å². The van der Waals surface area contributed by atoms with Gasteiger partial charge in [-0.1, -0.05) is 35.6 Å². The van der Waals surface area contributed by atoms with E-state index in [-0.39, 0.29) is 18.6 Å². The van der Waals surface area contributed by atoms with Crippen LogP contribution < -0.4 is 0 Å². The molecule has 0 aromatic heterocycles. The minimum atomic E-state index is 0.0931. The summed E-state index contributed by atoms with van der Waals surface area (Å²) >= 11 is 2.39. The Labute approximate surface area is 99.2 Å². The molecule has 3 heteroatoms. The lowest BCUT2D eigenvalue weighted by molar-refractivity contribution is 0.0614. The van der Waals surface area contributed by atoms with E-state index in [0.717, 1.165) is 0 Å². The van der Waals surface area contributed by atoms with Crippen LogP contribution in [-0.4, -0.2) is 21.7 Å². The van der Waals surface area contributed by atoms with Gasteiger partial charge in [0.15, 0.2) is 0 Å². The first-order valence-corrected chi connectivity index (χ1v) is 6.10. The molecule has 0 aliphatic carbocycles. The van der Waals surface area contributed by atoms with Crippen molar-refractivity contribution in [1.82, 2.24) is 0 Å². The molecule has 0 aromatic rings. The summed E-state index contributed by atoms with van der Waals surface area (Å²) in [5, 5.41) is 9.11. The van der Waals surface area contributed by atoms with Crippen molar-refractivity contribution in [3.8, 4) is 0 Å². The van der Waals surface area contributed by atoms with E-state index in [1.807, 2.05) is 13.8 Å². The predicted molar refractivity (Wildman–Crippen MR) is 66.4 cm³/mol. The highest BCUT2D eigenvalue weighted by Gasteiger charge is 2.31. The Kier molecular flexibility index (Phi) is 4.44.